The van der Waals surface area contributed by atoms with Crippen LogP contribution in [-0.4, -0.2) is 16.6 Å². The molecular weight excluding hydrogens is 328 g/mol. The smallest absolute Gasteiger partial charge is 0.267 e. The quantitative estimate of drug-likeness (QED) is 0.733. The van der Waals surface area contributed by atoms with Crippen LogP contribution in [0.15, 0.2) is 59.4 Å². The van der Waals surface area contributed by atoms with Gasteiger partial charge in [-0.25, -0.2) is 4.68 Å². The highest BCUT2D eigenvalue weighted by atomic mass is 35.5. The molecule has 2 heterocycles. The largest absolute Gasteiger partial charge is 0.454 e. The summed E-state index contributed by atoms with van der Waals surface area (Å²) in [5.74, 6) is 1.40. The molecule has 1 aromatic heterocycles. The van der Waals surface area contributed by atoms with Crippen LogP contribution in [0.3, 0.4) is 0 Å². The average molecular weight is 341 g/mol. The molecule has 3 aromatic rings. The molecular formula is C18H13ClN2O3. The van der Waals surface area contributed by atoms with E-state index in [1.807, 2.05) is 36.4 Å². The van der Waals surface area contributed by atoms with E-state index >= 15 is 0 Å². The molecule has 0 aliphatic carbocycles. The zero-order valence-corrected chi connectivity index (χ0v) is 13.4. The van der Waals surface area contributed by atoms with Gasteiger partial charge in [0.05, 0.1) is 12.2 Å². The Morgan fingerprint density at radius 1 is 1.04 bits per heavy atom. The van der Waals surface area contributed by atoms with Gasteiger partial charge in [0.25, 0.3) is 5.56 Å². The molecule has 0 bridgehead atoms. The number of ether oxygens (including phenoxy) is 2. The highest BCUT2D eigenvalue weighted by Gasteiger charge is 2.14. The lowest BCUT2D eigenvalue weighted by Crippen LogP contribution is -2.22. The highest BCUT2D eigenvalue weighted by molar-refractivity contribution is 6.30. The zero-order valence-electron chi connectivity index (χ0n) is 12.6. The van der Waals surface area contributed by atoms with E-state index in [-0.39, 0.29) is 12.4 Å². The van der Waals surface area contributed by atoms with Gasteiger partial charge in [0.1, 0.15) is 0 Å². The molecule has 0 amide bonds. The molecule has 5 nitrogen and oxygen atoms in total. The summed E-state index contributed by atoms with van der Waals surface area (Å²) >= 11 is 6.00. The van der Waals surface area contributed by atoms with Gasteiger partial charge in [-0.1, -0.05) is 23.7 Å². The summed E-state index contributed by atoms with van der Waals surface area (Å²) in [5.41, 5.74) is 2.30. The fourth-order valence-electron chi connectivity index (χ4n) is 2.58. The Morgan fingerprint density at radius 3 is 2.79 bits per heavy atom. The first-order valence-electron chi connectivity index (χ1n) is 7.42. The van der Waals surface area contributed by atoms with Crippen molar-refractivity contribution in [2.24, 2.45) is 0 Å². The number of nitrogens with zero attached hydrogens (tertiary/aromatic N) is 2. The molecule has 0 unspecified atom stereocenters. The number of hydrogen-bond donors (Lipinski definition) is 0. The number of aromatic nitrogens is 2. The maximum atomic E-state index is 12.1. The van der Waals surface area contributed by atoms with Crippen LogP contribution >= 0.6 is 11.6 Å². The van der Waals surface area contributed by atoms with Gasteiger partial charge in [0, 0.05) is 16.7 Å². The second-order valence-electron chi connectivity index (χ2n) is 5.41. The molecule has 0 spiro atoms. The van der Waals surface area contributed by atoms with Crippen molar-refractivity contribution >= 4 is 11.6 Å². The molecule has 1 aliphatic rings. The maximum Gasteiger partial charge on any atom is 0.267 e. The zero-order chi connectivity index (χ0) is 16.5. The topological polar surface area (TPSA) is 53.4 Å². The third-order valence-electron chi connectivity index (χ3n) is 3.76. The van der Waals surface area contributed by atoms with Gasteiger partial charge in [0.2, 0.25) is 6.79 Å². The lowest BCUT2D eigenvalue weighted by Gasteiger charge is -2.08. The summed E-state index contributed by atoms with van der Waals surface area (Å²) in [6.07, 6.45) is 0. The second kappa shape index (κ2) is 6.02. The summed E-state index contributed by atoms with van der Waals surface area (Å²) in [7, 11) is 0. The predicted octanol–water partition coefficient (Wildman–Crippen LogP) is 3.34. The van der Waals surface area contributed by atoms with Crippen LogP contribution in [0.2, 0.25) is 5.02 Å². The van der Waals surface area contributed by atoms with Crippen molar-refractivity contribution in [2.75, 3.05) is 6.79 Å². The summed E-state index contributed by atoms with van der Waals surface area (Å²) in [5, 5.41) is 5.09. The highest BCUT2D eigenvalue weighted by Crippen LogP contribution is 2.35. The Balaban J connectivity index is 1.70. The van der Waals surface area contributed by atoms with Crippen LogP contribution in [0.25, 0.3) is 11.3 Å². The molecule has 0 N–H and O–H groups in total. The van der Waals surface area contributed by atoms with Gasteiger partial charge < -0.3 is 9.47 Å². The van der Waals surface area contributed by atoms with Crippen molar-refractivity contribution in [2.45, 2.75) is 6.54 Å². The van der Waals surface area contributed by atoms with Gasteiger partial charge in [-0.05, 0) is 42.0 Å². The van der Waals surface area contributed by atoms with Crippen molar-refractivity contribution in [1.29, 1.82) is 0 Å². The summed E-state index contributed by atoms with van der Waals surface area (Å²) < 4.78 is 12.1. The molecule has 0 atom stereocenters. The first-order valence-corrected chi connectivity index (χ1v) is 7.79. The van der Waals surface area contributed by atoms with Crippen molar-refractivity contribution < 1.29 is 9.47 Å². The van der Waals surface area contributed by atoms with E-state index in [9.17, 15) is 4.79 Å². The van der Waals surface area contributed by atoms with E-state index in [1.165, 1.54) is 10.7 Å². The minimum absolute atomic E-state index is 0.167. The molecule has 6 heteroatoms. The van der Waals surface area contributed by atoms with E-state index in [4.69, 9.17) is 21.1 Å². The summed E-state index contributed by atoms with van der Waals surface area (Å²) in [6, 6.07) is 16.2. The Hall–Kier alpha value is -2.79. The maximum absolute atomic E-state index is 12.1. The molecule has 4 rings (SSSR count). The number of halogens is 1. The van der Waals surface area contributed by atoms with E-state index in [1.54, 1.807) is 12.1 Å². The third-order valence-corrected chi connectivity index (χ3v) is 3.99. The fourth-order valence-corrected chi connectivity index (χ4v) is 2.79. The van der Waals surface area contributed by atoms with Crippen LogP contribution in [0.1, 0.15) is 5.56 Å². The van der Waals surface area contributed by atoms with Gasteiger partial charge in [-0.15, -0.1) is 0 Å². The SMILES string of the molecule is O=c1ccc(-c2ccc3c(c2)OCO3)nn1Cc1cccc(Cl)c1. The van der Waals surface area contributed by atoms with Crippen molar-refractivity contribution in [3.63, 3.8) is 0 Å². The van der Waals surface area contributed by atoms with Gasteiger partial charge in [-0.3, -0.25) is 4.79 Å². The summed E-state index contributed by atoms with van der Waals surface area (Å²) in [4.78, 5) is 12.1. The first-order chi connectivity index (χ1) is 11.7. The van der Waals surface area contributed by atoms with Crippen molar-refractivity contribution in [1.82, 2.24) is 9.78 Å². The van der Waals surface area contributed by atoms with E-state index < -0.39 is 0 Å². The minimum atomic E-state index is -0.167. The van der Waals surface area contributed by atoms with Crippen molar-refractivity contribution in [3.8, 4) is 22.8 Å². The number of benzene rings is 2. The number of fused-ring (bicyclic) bond motifs is 1. The lowest BCUT2D eigenvalue weighted by atomic mass is 10.1. The Morgan fingerprint density at radius 2 is 1.92 bits per heavy atom. The summed E-state index contributed by atoms with van der Waals surface area (Å²) in [6.45, 7) is 0.582. The fraction of sp³-hybridized carbons (Fsp3) is 0.111. The van der Waals surface area contributed by atoms with Gasteiger partial charge in [0.15, 0.2) is 11.5 Å². The van der Waals surface area contributed by atoms with Crippen LogP contribution < -0.4 is 15.0 Å². The van der Waals surface area contributed by atoms with E-state index in [0.717, 1.165) is 11.1 Å². The van der Waals surface area contributed by atoms with E-state index in [0.29, 0.717) is 28.8 Å². The second-order valence-corrected chi connectivity index (χ2v) is 5.85. The molecule has 0 radical (unpaired) electrons. The number of hydrogen-bond acceptors (Lipinski definition) is 4. The Labute approximate surface area is 143 Å². The standard InChI is InChI=1S/C18H13ClN2O3/c19-14-3-1-2-12(8-14)10-21-18(22)7-5-15(20-21)13-4-6-16-17(9-13)24-11-23-16/h1-9H,10-11H2. The van der Waals surface area contributed by atoms with Crippen LogP contribution in [-0.2, 0) is 6.54 Å². The molecule has 24 heavy (non-hydrogen) atoms. The van der Waals surface area contributed by atoms with E-state index in [2.05, 4.69) is 5.10 Å². The average Bonchev–Trinajstić information content (AvgIpc) is 3.04. The van der Waals surface area contributed by atoms with Gasteiger partial charge in [-0.2, -0.15) is 5.10 Å². The monoisotopic (exact) mass is 340 g/mol. The van der Waals surface area contributed by atoms with Crippen LogP contribution in [0.5, 0.6) is 11.5 Å². The molecule has 2 aromatic carbocycles. The Bertz CT molecular complexity index is 968. The normalized spacial score (nSPS) is 12.4. The third kappa shape index (κ3) is 2.86. The predicted molar refractivity (Wildman–Crippen MR) is 90.6 cm³/mol. The van der Waals surface area contributed by atoms with Crippen LogP contribution in [0, 0.1) is 0 Å². The minimum Gasteiger partial charge on any atom is -0.454 e. The Kier molecular flexibility index (Phi) is 3.70. The lowest BCUT2D eigenvalue weighted by molar-refractivity contribution is 0.174. The molecule has 0 fully saturated rings. The first kappa shape index (κ1) is 14.8. The molecule has 0 saturated carbocycles. The van der Waals surface area contributed by atoms with Gasteiger partial charge >= 0.3 is 0 Å². The number of rotatable bonds is 3. The molecule has 120 valence electrons. The van der Waals surface area contributed by atoms with Crippen molar-refractivity contribution in [3.05, 3.63) is 75.5 Å². The van der Waals surface area contributed by atoms with Crippen LogP contribution in [0.4, 0.5) is 0 Å². The molecule has 0 saturated heterocycles. The molecule has 1 aliphatic heterocycles.